The Balaban J connectivity index is 2.14. The van der Waals surface area contributed by atoms with Crippen molar-refractivity contribution in [3.63, 3.8) is 0 Å². The minimum Gasteiger partial charge on any atom is -0.301 e. The van der Waals surface area contributed by atoms with Crippen molar-refractivity contribution in [3.8, 4) is 0 Å². The van der Waals surface area contributed by atoms with Crippen LogP contribution in [0.3, 0.4) is 0 Å². The van der Waals surface area contributed by atoms with Gasteiger partial charge in [-0.3, -0.25) is 0 Å². The van der Waals surface area contributed by atoms with E-state index in [2.05, 4.69) is 28.6 Å². The molecule has 0 radical (unpaired) electrons. The van der Waals surface area contributed by atoms with Crippen LogP contribution in [0.1, 0.15) is 45.4 Å². The summed E-state index contributed by atoms with van der Waals surface area (Å²) in [6, 6.07) is 0. The van der Waals surface area contributed by atoms with E-state index in [1.54, 1.807) is 0 Å². The Hall–Kier alpha value is -0.570. The fourth-order valence-corrected chi connectivity index (χ4v) is 2.39. The number of nitrogens with zero attached hydrogens (tertiary/aromatic N) is 3. The van der Waals surface area contributed by atoms with Crippen molar-refractivity contribution in [2.75, 3.05) is 0 Å². The summed E-state index contributed by atoms with van der Waals surface area (Å²) in [7, 11) is 0. The minimum absolute atomic E-state index is 0.425. The highest BCUT2D eigenvalue weighted by molar-refractivity contribution is 6.28. The van der Waals surface area contributed by atoms with E-state index in [9.17, 15) is 0 Å². The molecule has 84 valence electrons. The second-order valence-electron chi connectivity index (χ2n) is 4.89. The van der Waals surface area contributed by atoms with Gasteiger partial charge in [0.25, 0.3) is 0 Å². The number of aryl methyl sites for hydroxylation is 1. The molecule has 0 spiro atoms. The van der Waals surface area contributed by atoms with Gasteiger partial charge in [0.2, 0.25) is 5.28 Å². The molecule has 0 bridgehead atoms. The van der Waals surface area contributed by atoms with Gasteiger partial charge in [0.15, 0.2) is 0 Å². The maximum Gasteiger partial charge on any atom is 0.225 e. The molecule has 0 atom stereocenters. The standard InChI is InChI=1S/C11H18ClN3/c1-3-5-9-13-14-10(12)15(9)8-11(2)6-4-7-11/h3-8H2,1-2H3. The van der Waals surface area contributed by atoms with E-state index < -0.39 is 0 Å². The van der Waals surface area contributed by atoms with E-state index >= 15 is 0 Å². The molecule has 4 heteroatoms. The van der Waals surface area contributed by atoms with Crippen LogP contribution in [0.2, 0.25) is 5.28 Å². The first-order valence-corrected chi connectivity index (χ1v) is 6.10. The van der Waals surface area contributed by atoms with Crippen LogP contribution in [-0.4, -0.2) is 14.8 Å². The first-order chi connectivity index (χ1) is 7.14. The van der Waals surface area contributed by atoms with Crippen molar-refractivity contribution in [3.05, 3.63) is 11.1 Å². The summed E-state index contributed by atoms with van der Waals surface area (Å²) in [5, 5.41) is 8.63. The van der Waals surface area contributed by atoms with Crippen molar-refractivity contribution < 1.29 is 0 Å². The van der Waals surface area contributed by atoms with E-state index in [-0.39, 0.29) is 0 Å². The number of aromatic nitrogens is 3. The lowest BCUT2D eigenvalue weighted by Gasteiger charge is -2.38. The van der Waals surface area contributed by atoms with Crippen LogP contribution in [0.4, 0.5) is 0 Å². The third-order valence-corrected chi connectivity index (χ3v) is 3.64. The molecule has 3 nitrogen and oxygen atoms in total. The van der Waals surface area contributed by atoms with Gasteiger partial charge in [-0.2, -0.15) is 0 Å². The molecule has 0 aromatic carbocycles. The van der Waals surface area contributed by atoms with E-state index in [0.717, 1.165) is 25.2 Å². The fourth-order valence-electron chi connectivity index (χ4n) is 2.20. The van der Waals surface area contributed by atoms with Crippen LogP contribution < -0.4 is 0 Å². The highest BCUT2D eigenvalue weighted by Gasteiger charge is 2.33. The normalized spacial score (nSPS) is 18.9. The van der Waals surface area contributed by atoms with E-state index in [4.69, 9.17) is 11.6 Å². The molecule has 1 heterocycles. The zero-order valence-electron chi connectivity index (χ0n) is 9.46. The quantitative estimate of drug-likeness (QED) is 0.792. The largest absolute Gasteiger partial charge is 0.301 e. The highest BCUT2D eigenvalue weighted by atomic mass is 35.5. The molecule has 1 aliphatic carbocycles. The van der Waals surface area contributed by atoms with Crippen LogP contribution in [-0.2, 0) is 13.0 Å². The summed E-state index contributed by atoms with van der Waals surface area (Å²) in [6.45, 7) is 5.45. The van der Waals surface area contributed by atoms with Crippen molar-refractivity contribution in [1.82, 2.24) is 14.8 Å². The summed E-state index contributed by atoms with van der Waals surface area (Å²) in [4.78, 5) is 0. The molecule has 1 aromatic heterocycles. The first kappa shape index (κ1) is 10.9. The van der Waals surface area contributed by atoms with E-state index in [1.807, 2.05) is 0 Å². The predicted molar refractivity (Wildman–Crippen MR) is 61.0 cm³/mol. The second kappa shape index (κ2) is 4.12. The average molecular weight is 228 g/mol. The Morgan fingerprint density at radius 3 is 2.67 bits per heavy atom. The molecular weight excluding hydrogens is 210 g/mol. The molecule has 1 aliphatic rings. The van der Waals surface area contributed by atoms with Gasteiger partial charge in [0.1, 0.15) is 5.82 Å². The van der Waals surface area contributed by atoms with Gasteiger partial charge in [-0.15, -0.1) is 10.2 Å². The number of hydrogen-bond donors (Lipinski definition) is 0. The van der Waals surface area contributed by atoms with Gasteiger partial charge in [0, 0.05) is 13.0 Å². The van der Waals surface area contributed by atoms with Gasteiger partial charge in [-0.1, -0.05) is 20.3 Å². The zero-order valence-corrected chi connectivity index (χ0v) is 10.2. The Labute approximate surface area is 95.8 Å². The van der Waals surface area contributed by atoms with Gasteiger partial charge in [-0.25, -0.2) is 0 Å². The van der Waals surface area contributed by atoms with Gasteiger partial charge in [0.05, 0.1) is 0 Å². The summed E-state index contributed by atoms with van der Waals surface area (Å²) in [5.41, 5.74) is 0.425. The molecule has 0 aliphatic heterocycles. The lowest BCUT2D eigenvalue weighted by atomic mass is 9.70. The Morgan fingerprint density at radius 1 is 1.40 bits per heavy atom. The third-order valence-electron chi connectivity index (χ3n) is 3.36. The van der Waals surface area contributed by atoms with E-state index in [1.165, 1.54) is 19.3 Å². The molecule has 1 saturated carbocycles. The molecule has 0 amide bonds. The van der Waals surface area contributed by atoms with Crippen LogP contribution in [0, 0.1) is 5.41 Å². The lowest BCUT2D eigenvalue weighted by molar-refractivity contribution is 0.130. The van der Waals surface area contributed by atoms with Crippen LogP contribution >= 0.6 is 11.6 Å². The number of halogens is 1. The molecule has 0 saturated heterocycles. The molecule has 15 heavy (non-hydrogen) atoms. The third kappa shape index (κ3) is 2.17. The Bertz CT molecular complexity index is 342. The summed E-state index contributed by atoms with van der Waals surface area (Å²) < 4.78 is 2.09. The minimum atomic E-state index is 0.425. The van der Waals surface area contributed by atoms with E-state index in [0.29, 0.717) is 10.7 Å². The SMILES string of the molecule is CCCc1nnc(Cl)n1CC1(C)CCC1. The molecule has 0 N–H and O–H groups in total. The Kier molecular flexibility index (Phi) is 3.01. The van der Waals surface area contributed by atoms with Crippen LogP contribution in [0.5, 0.6) is 0 Å². The van der Waals surface area contributed by atoms with Gasteiger partial charge < -0.3 is 4.57 Å². The highest BCUT2D eigenvalue weighted by Crippen LogP contribution is 2.42. The molecule has 2 rings (SSSR count). The maximum atomic E-state index is 6.06. The summed E-state index contributed by atoms with van der Waals surface area (Å²) in [6.07, 6.45) is 6.00. The molecule has 1 aromatic rings. The molecular formula is C11H18ClN3. The summed E-state index contributed by atoms with van der Waals surface area (Å²) >= 11 is 6.06. The van der Waals surface area contributed by atoms with Crippen molar-refractivity contribution >= 4 is 11.6 Å². The second-order valence-corrected chi connectivity index (χ2v) is 5.22. The average Bonchev–Trinajstić information content (AvgIpc) is 2.48. The fraction of sp³-hybridized carbons (Fsp3) is 0.818. The smallest absolute Gasteiger partial charge is 0.225 e. The van der Waals surface area contributed by atoms with Crippen molar-refractivity contribution in [2.24, 2.45) is 5.41 Å². The number of rotatable bonds is 4. The zero-order chi connectivity index (χ0) is 10.9. The van der Waals surface area contributed by atoms with Crippen LogP contribution in [0.15, 0.2) is 0 Å². The predicted octanol–water partition coefficient (Wildman–Crippen LogP) is 3.07. The molecule has 1 fully saturated rings. The van der Waals surface area contributed by atoms with Crippen LogP contribution in [0.25, 0.3) is 0 Å². The topological polar surface area (TPSA) is 30.7 Å². The number of hydrogen-bond acceptors (Lipinski definition) is 2. The van der Waals surface area contributed by atoms with Gasteiger partial charge >= 0.3 is 0 Å². The van der Waals surface area contributed by atoms with Crippen molar-refractivity contribution in [1.29, 1.82) is 0 Å². The monoisotopic (exact) mass is 227 g/mol. The molecule has 0 unspecified atom stereocenters. The lowest BCUT2D eigenvalue weighted by Crippen LogP contribution is -2.31. The Morgan fingerprint density at radius 2 is 2.13 bits per heavy atom. The maximum absolute atomic E-state index is 6.06. The van der Waals surface area contributed by atoms with Gasteiger partial charge in [-0.05, 0) is 36.3 Å². The first-order valence-electron chi connectivity index (χ1n) is 5.72. The van der Waals surface area contributed by atoms with Crippen molar-refractivity contribution in [2.45, 2.75) is 52.5 Å². The summed E-state index contributed by atoms with van der Waals surface area (Å²) in [5.74, 6) is 1.04.